The highest BCUT2D eigenvalue weighted by Crippen LogP contribution is 2.26. The highest BCUT2D eigenvalue weighted by molar-refractivity contribution is 14.0. The number of rotatable bonds is 5. The van der Waals surface area contributed by atoms with Gasteiger partial charge in [-0.1, -0.05) is 17.7 Å². The molecule has 102 valence electrons. The molecule has 0 aliphatic heterocycles. The monoisotopic (exact) mass is 401 g/mol. The van der Waals surface area contributed by atoms with Crippen LogP contribution in [-0.2, 0) is 0 Å². The number of nitrogens with one attached hydrogen (secondary N) is 2. The molecule has 0 saturated carbocycles. The molecule has 7 heteroatoms. The highest BCUT2D eigenvalue weighted by Gasteiger charge is 2.10. The summed E-state index contributed by atoms with van der Waals surface area (Å²) in [5.74, 6) is 0.631. The molecular weight excluding hydrogens is 385 g/mol. The van der Waals surface area contributed by atoms with Gasteiger partial charge in [0, 0.05) is 25.0 Å². The van der Waals surface area contributed by atoms with Gasteiger partial charge in [-0.25, -0.2) is 0 Å². The number of guanidine groups is 1. The lowest BCUT2D eigenvalue weighted by Crippen LogP contribution is -2.39. The van der Waals surface area contributed by atoms with E-state index >= 15 is 0 Å². The summed E-state index contributed by atoms with van der Waals surface area (Å²) >= 11 is 7.17. The van der Waals surface area contributed by atoms with Gasteiger partial charge >= 0.3 is 0 Å². The van der Waals surface area contributed by atoms with E-state index < -0.39 is 6.10 Å². The molecule has 0 fully saturated rings. The minimum absolute atomic E-state index is 0. The first-order valence-corrected chi connectivity index (χ1v) is 6.35. The van der Waals surface area contributed by atoms with Gasteiger partial charge in [0.25, 0.3) is 0 Å². The first-order chi connectivity index (χ1) is 8.17. The molecule has 4 nitrogen and oxygen atoms in total. The van der Waals surface area contributed by atoms with Gasteiger partial charge in [-0.2, -0.15) is 0 Å². The van der Waals surface area contributed by atoms with E-state index in [-0.39, 0.29) is 24.0 Å². The van der Waals surface area contributed by atoms with Gasteiger partial charge in [-0.3, -0.25) is 4.99 Å². The number of thiophene rings is 1. The fraction of sp³-hybridized carbons (Fsp3) is 0.364. The van der Waals surface area contributed by atoms with Crippen LogP contribution >= 0.6 is 46.9 Å². The normalized spacial score (nSPS) is 12.5. The summed E-state index contributed by atoms with van der Waals surface area (Å²) in [5, 5.41) is 15.9. The third-order valence-corrected chi connectivity index (χ3v) is 3.36. The molecule has 1 unspecified atom stereocenters. The molecule has 3 N–H and O–H groups in total. The Kier molecular flexibility index (Phi) is 9.43. The molecular formula is C11H17ClIN3OS. The summed E-state index contributed by atoms with van der Waals surface area (Å²) in [6.45, 7) is 4.61. The summed E-state index contributed by atoms with van der Waals surface area (Å²) in [6, 6.07) is 3.59. The van der Waals surface area contributed by atoms with Crippen LogP contribution in [0.4, 0.5) is 0 Å². The largest absolute Gasteiger partial charge is 0.386 e. The van der Waals surface area contributed by atoms with E-state index in [0.717, 1.165) is 4.88 Å². The Morgan fingerprint density at radius 2 is 2.33 bits per heavy atom. The van der Waals surface area contributed by atoms with Gasteiger partial charge in [-0.15, -0.1) is 41.9 Å². The van der Waals surface area contributed by atoms with Gasteiger partial charge in [0.2, 0.25) is 0 Å². The quantitative estimate of drug-likeness (QED) is 0.307. The Morgan fingerprint density at radius 1 is 1.61 bits per heavy atom. The number of aliphatic hydroxyl groups excluding tert-OH is 1. The molecule has 0 aromatic carbocycles. The van der Waals surface area contributed by atoms with E-state index in [0.29, 0.717) is 23.4 Å². The molecule has 0 aliphatic carbocycles. The van der Waals surface area contributed by atoms with Crippen molar-refractivity contribution in [1.29, 1.82) is 0 Å². The molecule has 0 saturated heterocycles. The number of aliphatic imine (C=N–C) groups is 1. The van der Waals surface area contributed by atoms with Crippen LogP contribution in [0.15, 0.2) is 29.8 Å². The Hall–Kier alpha value is -0.310. The summed E-state index contributed by atoms with van der Waals surface area (Å²) in [7, 11) is 1.67. The summed E-state index contributed by atoms with van der Waals surface area (Å²) in [4.78, 5) is 4.84. The van der Waals surface area contributed by atoms with Crippen LogP contribution in [-0.4, -0.2) is 31.2 Å². The zero-order valence-electron chi connectivity index (χ0n) is 10.0. The lowest BCUT2D eigenvalue weighted by Gasteiger charge is -2.13. The smallest absolute Gasteiger partial charge is 0.191 e. The van der Waals surface area contributed by atoms with Gasteiger partial charge in [0.1, 0.15) is 6.10 Å². The Labute approximate surface area is 133 Å². The number of hydrogen-bond acceptors (Lipinski definition) is 3. The van der Waals surface area contributed by atoms with Crippen LogP contribution in [0.25, 0.3) is 0 Å². The predicted molar refractivity (Wildman–Crippen MR) is 89.3 cm³/mol. The van der Waals surface area contributed by atoms with E-state index in [1.165, 1.54) is 11.3 Å². The third-order valence-electron chi connectivity index (χ3n) is 2.02. The van der Waals surface area contributed by atoms with E-state index in [4.69, 9.17) is 11.6 Å². The van der Waals surface area contributed by atoms with Gasteiger partial charge in [0.15, 0.2) is 5.96 Å². The summed E-state index contributed by atoms with van der Waals surface area (Å²) in [5.41, 5.74) is 0. The van der Waals surface area contributed by atoms with Crippen LogP contribution in [0.2, 0.25) is 4.34 Å². The molecule has 1 atom stereocenters. The van der Waals surface area contributed by atoms with E-state index in [2.05, 4.69) is 22.2 Å². The Balaban J connectivity index is 0.00000289. The Bertz CT molecular complexity index is 397. The number of hydrogen-bond donors (Lipinski definition) is 3. The number of halogens is 2. The molecule has 0 amide bonds. The van der Waals surface area contributed by atoms with Crippen molar-refractivity contribution < 1.29 is 5.11 Å². The fourth-order valence-electron chi connectivity index (χ4n) is 1.19. The zero-order valence-corrected chi connectivity index (χ0v) is 13.9. The maximum absolute atomic E-state index is 9.89. The molecule has 0 aliphatic rings. The van der Waals surface area contributed by atoms with Crippen molar-refractivity contribution >= 4 is 52.9 Å². The van der Waals surface area contributed by atoms with Crippen molar-refractivity contribution in [3.05, 3.63) is 34.0 Å². The fourth-order valence-corrected chi connectivity index (χ4v) is 2.24. The average molecular weight is 402 g/mol. The molecule has 1 heterocycles. The first-order valence-electron chi connectivity index (χ1n) is 5.16. The van der Waals surface area contributed by atoms with Crippen LogP contribution < -0.4 is 10.6 Å². The maximum atomic E-state index is 9.89. The molecule has 18 heavy (non-hydrogen) atoms. The van der Waals surface area contributed by atoms with Crippen molar-refractivity contribution in [2.24, 2.45) is 4.99 Å². The SMILES string of the molecule is C=CCNC(=NC)NCC(O)c1ccc(Cl)s1.I. The first kappa shape index (κ1) is 17.7. The number of aliphatic hydroxyl groups is 1. The molecule has 0 spiro atoms. The van der Waals surface area contributed by atoms with E-state index in [9.17, 15) is 5.11 Å². The minimum atomic E-state index is -0.588. The van der Waals surface area contributed by atoms with Crippen LogP contribution in [0.5, 0.6) is 0 Å². The van der Waals surface area contributed by atoms with Gasteiger partial charge in [-0.05, 0) is 12.1 Å². The van der Waals surface area contributed by atoms with Crippen LogP contribution in [0, 0.1) is 0 Å². The van der Waals surface area contributed by atoms with Gasteiger partial charge < -0.3 is 15.7 Å². The van der Waals surface area contributed by atoms with Crippen molar-refractivity contribution in [2.45, 2.75) is 6.10 Å². The van der Waals surface area contributed by atoms with Crippen LogP contribution in [0.1, 0.15) is 11.0 Å². The second-order valence-corrected chi connectivity index (χ2v) is 5.03. The maximum Gasteiger partial charge on any atom is 0.191 e. The van der Waals surface area contributed by atoms with E-state index in [1.807, 2.05) is 6.07 Å². The molecule has 0 bridgehead atoms. The summed E-state index contributed by atoms with van der Waals surface area (Å²) < 4.78 is 0.674. The molecule has 1 aromatic rings. The highest BCUT2D eigenvalue weighted by atomic mass is 127. The predicted octanol–water partition coefficient (Wildman–Crippen LogP) is 2.40. The lowest BCUT2D eigenvalue weighted by molar-refractivity contribution is 0.184. The average Bonchev–Trinajstić information content (AvgIpc) is 2.76. The second kappa shape index (κ2) is 9.60. The summed E-state index contributed by atoms with van der Waals surface area (Å²) in [6.07, 6.45) is 1.15. The topological polar surface area (TPSA) is 56.7 Å². The van der Waals surface area contributed by atoms with Crippen molar-refractivity contribution in [3.8, 4) is 0 Å². The standard InChI is InChI=1S/C11H16ClN3OS.HI/c1-3-6-14-11(13-2)15-7-8(16)9-4-5-10(12)17-9;/h3-5,8,16H,1,6-7H2,2H3,(H2,13,14,15);1H. The molecule has 1 aromatic heterocycles. The second-order valence-electron chi connectivity index (χ2n) is 3.28. The minimum Gasteiger partial charge on any atom is -0.386 e. The lowest BCUT2D eigenvalue weighted by atomic mass is 10.3. The number of nitrogens with zero attached hydrogens (tertiary/aromatic N) is 1. The van der Waals surface area contributed by atoms with Crippen LogP contribution in [0.3, 0.4) is 0 Å². The van der Waals surface area contributed by atoms with Crippen molar-refractivity contribution in [1.82, 2.24) is 10.6 Å². The molecule has 0 radical (unpaired) electrons. The zero-order chi connectivity index (χ0) is 12.7. The van der Waals surface area contributed by atoms with Crippen molar-refractivity contribution in [3.63, 3.8) is 0 Å². The third kappa shape index (κ3) is 6.03. The molecule has 1 rings (SSSR count). The Morgan fingerprint density at radius 3 is 2.83 bits per heavy atom. The van der Waals surface area contributed by atoms with Gasteiger partial charge in [0.05, 0.1) is 4.34 Å². The van der Waals surface area contributed by atoms with E-state index in [1.54, 1.807) is 19.2 Å². The van der Waals surface area contributed by atoms with Crippen molar-refractivity contribution in [2.75, 3.05) is 20.1 Å².